The van der Waals surface area contributed by atoms with Gasteiger partial charge in [0, 0.05) is 11.5 Å². The Kier molecular flexibility index (Phi) is 4.06. The monoisotopic (exact) mass is 285 g/mol. The second-order valence-corrected chi connectivity index (χ2v) is 5.49. The molecule has 0 bridgehead atoms. The van der Waals surface area contributed by atoms with Crippen molar-refractivity contribution in [1.29, 1.82) is 0 Å². The van der Waals surface area contributed by atoms with Crippen LogP contribution in [0.4, 0.5) is 0 Å². The summed E-state index contributed by atoms with van der Waals surface area (Å²) in [4.78, 5) is 11.9. The number of benzene rings is 1. The van der Waals surface area contributed by atoms with E-state index in [4.69, 9.17) is 4.42 Å². The van der Waals surface area contributed by atoms with E-state index in [0.717, 1.165) is 36.7 Å². The van der Waals surface area contributed by atoms with Crippen LogP contribution in [0.3, 0.4) is 0 Å². The van der Waals surface area contributed by atoms with E-state index in [1.807, 2.05) is 30.3 Å². The van der Waals surface area contributed by atoms with Crippen molar-refractivity contribution in [3.8, 4) is 0 Å². The normalized spacial score (nSPS) is 22.7. The summed E-state index contributed by atoms with van der Waals surface area (Å²) in [6.45, 7) is 0. The molecule has 1 aromatic heterocycles. The molecule has 2 atom stereocenters. The molecule has 1 aliphatic carbocycles. The maximum atomic E-state index is 11.9. The molecule has 2 aromatic rings. The smallest absolute Gasteiger partial charge is 0.244 e. The molecule has 0 radical (unpaired) electrons. The first-order valence-corrected chi connectivity index (χ1v) is 7.37. The molecule has 1 aliphatic rings. The van der Waals surface area contributed by atoms with E-state index < -0.39 is 6.10 Å². The summed E-state index contributed by atoms with van der Waals surface area (Å²) in [7, 11) is 0. The first-order valence-electron chi connectivity index (χ1n) is 7.37. The maximum Gasteiger partial charge on any atom is 0.244 e. The number of nitrogens with one attached hydrogen (secondary N) is 1. The van der Waals surface area contributed by atoms with Crippen molar-refractivity contribution < 1.29 is 14.3 Å². The Hall–Kier alpha value is -2.07. The van der Waals surface area contributed by atoms with Gasteiger partial charge in [0.25, 0.3) is 0 Å². The number of carbonyl (C=O) groups is 1. The van der Waals surface area contributed by atoms with Crippen molar-refractivity contribution in [2.45, 2.75) is 37.8 Å². The molecule has 0 saturated heterocycles. The molecular weight excluding hydrogens is 266 g/mol. The summed E-state index contributed by atoms with van der Waals surface area (Å²) in [5.74, 6) is 0.456. The lowest BCUT2D eigenvalue weighted by atomic mass is 9.92. The largest absolute Gasteiger partial charge is 0.457 e. The fourth-order valence-electron chi connectivity index (χ4n) is 2.75. The summed E-state index contributed by atoms with van der Waals surface area (Å²) >= 11 is 0. The van der Waals surface area contributed by atoms with Gasteiger partial charge in [0.2, 0.25) is 5.91 Å². The highest BCUT2D eigenvalue weighted by atomic mass is 16.3. The molecule has 21 heavy (non-hydrogen) atoms. The van der Waals surface area contributed by atoms with E-state index in [2.05, 4.69) is 5.32 Å². The number of furan rings is 1. The highest BCUT2D eigenvalue weighted by Crippen LogP contribution is 2.20. The number of aliphatic hydroxyl groups is 1. The van der Waals surface area contributed by atoms with Gasteiger partial charge in [0.05, 0.1) is 12.1 Å². The number of carbonyl (C=O) groups excluding carboxylic acids is 1. The summed E-state index contributed by atoms with van der Waals surface area (Å²) in [6.07, 6.45) is 6.37. The Morgan fingerprint density at radius 1 is 1.29 bits per heavy atom. The zero-order valence-electron chi connectivity index (χ0n) is 11.8. The van der Waals surface area contributed by atoms with Gasteiger partial charge in [-0.2, -0.15) is 0 Å². The zero-order chi connectivity index (χ0) is 14.7. The lowest BCUT2D eigenvalue weighted by Crippen LogP contribution is -2.44. The van der Waals surface area contributed by atoms with E-state index in [0.29, 0.717) is 5.76 Å². The van der Waals surface area contributed by atoms with Gasteiger partial charge >= 0.3 is 0 Å². The van der Waals surface area contributed by atoms with Crippen LogP contribution in [-0.4, -0.2) is 23.2 Å². The molecule has 2 unspecified atom stereocenters. The lowest BCUT2D eigenvalue weighted by Gasteiger charge is -2.27. The van der Waals surface area contributed by atoms with Crippen LogP contribution >= 0.6 is 0 Å². The minimum Gasteiger partial charge on any atom is -0.457 e. The first-order chi connectivity index (χ1) is 10.2. The van der Waals surface area contributed by atoms with E-state index in [9.17, 15) is 9.90 Å². The van der Waals surface area contributed by atoms with Gasteiger partial charge in [0.1, 0.15) is 11.3 Å². The summed E-state index contributed by atoms with van der Waals surface area (Å²) in [5.41, 5.74) is 0.806. The molecule has 1 heterocycles. The Morgan fingerprint density at radius 2 is 2.10 bits per heavy atom. The average Bonchev–Trinajstić information content (AvgIpc) is 2.90. The third-order valence-corrected chi connectivity index (χ3v) is 3.90. The van der Waals surface area contributed by atoms with Crippen molar-refractivity contribution in [3.63, 3.8) is 0 Å². The number of rotatable bonds is 3. The number of aliphatic hydroxyl groups excluding tert-OH is 1. The Morgan fingerprint density at radius 3 is 2.90 bits per heavy atom. The van der Waals surface area contributed by atoms with E-state index >= 15 is 0 Å². The topological polar surface area (TPSA) is 62.5 Å². The van der Waals surface area contributed by atoms with Gasteiger partial charge in [-0.3, -0.25) is 4.79 Å². The molecule has 0 spiro atoms. The quantitative estimate of drug-likeness (QED) is 0.852. The predicted molar refractivity (Wildman–Crippen MR) is 81.7 cm³/mol. The van der Waals surface area contributed by atoms with Crippen LogP contribution in [0.2, 0.25) is 0 Å². The highest BCUT2D eigenvalue weighted by molar-refractivity contribution is 5.92. The highest BCUT2D eigenvalue weighted by Gasteiger charge is 2.23. The van der Waals surface area contributed by atoms with Gasteiger partial charge < -0.3 is 14.8 Å². The van der Waals surface area contributed by atoms with Gasteiger partial charge in [-0.05, 0) is 31.1 Å². The Labute approximate surface area is 123 Å². The lowest BCUT2D eigenvalue weighted by molar-refractivity contribution is -0.118. The SMILES string of the molecule is O=C(/C=C/c1cc2ccccc2o1)NC1CCCCC1O. The maximum absolute atomic E-state index is 11.9. The summed E-state index contributed by atoms with van der Waals surface area (Å²) in [5, 5.41) is 13.7. The molecule has 4 nitrogen and oxygen atoms in total. The van der Waals surface area contributed by atoms with Gasteiger partial charge in [-0.1, -0.05) is 31.0 Å². The van der Waals surface area contributed by atoms with Crippen molar-refractivity contribution >= 4 is 23.0 Å². The fraction of sp³-hybridized carbons (Fsp3) is 0.353. The number of hydrogen-bond acceptors (Lipinski definition) is 3. The number of amides is 1. The van der Waals surface area contributed by atoms with Crippen LogP contribution in [0.15, 0.2) is 40.8 Å². The van der Waals surface area contributed by atoms with Gasteiger partial charge in [-0.15, -0.1) is 0 Å². The second kappa shape index (κ2) is 6.14. The standard InChI is InChI=1S/C17H19NO3/c19-15-7-3-2-6-14(15)18-17(20)10-9-13-11-12-5-1-4-8-16(12)21-13/h1,4-5,8-11,14-15,19H,2-3,6-7H2,(H,18,20)/b10-9+. The van der Waals surface area contributed by atoms with Crippen molar-refractivity contribution in [1.82, 2.24) is 5.32 Å². The molecule has 1 saturated carbocycles. The van der Waals surface area contributed by atoms with E-state index in [1.165, 1.54) is 6.08 Å². The van der Waals surface area contributed by atoms with Crippen LogP contribution in [0.25, 0.3) is 17.0 Å². The second-order valence-electron chi connectivity index (χ2n) is 5.49. The van der Waals surface area contributed by atoms with Crippen LogP contribution in [0.1, 0.15) is 31.4 Å². The molecule has 2 N–H and O–H groups in total. The molecular formula is C17H19NO3. The zero-order valence-corrected chi connectivity index (χ0v) is 11.8. The average molecular weight is 285 g/mol. The first kappa shape index (κ1) is 13.9. The summed E-state index contributed by atoms with van der Waals surface area (Å²) in [6, 6.07) is 9.49. The van der Waals surface area contributed by atoms with E-state index in [-0.39, 0.29) is 11.9 Å². The molecule has 4 heteroatoms. The van der Waals surface area contributed by atoms with Crippen LogP contribution in [-0.2, 0) is 4.79 Å². The number of hydrogen-bond donors (Lipinski definition) is 2. The Balaban J connectivity index is 1.63. The van der Waals surface area contributed by atoms with Crippen LogP contribution in [0.5, 0.6) is 0 Å². The molecule has 1 fully saturated rings. The third kappa shape index (κ3) is 3.34. The van der Waals surface area contributed by atoms with Crippen LogP contribution in [0, 0.1) is 0 Å². The minimum absolute atomic E-state index is 0.133. The van der Waals surface area contributed by atoms with Gasteiger partial charge in [-0.25, -0.2) is 0 Å². The Bertz CT molecular complexity index is 626. The summed E-state index contributed by atoms with van der Waals surface area (Å²) < 4.78 is 5.61. The molecule has 1 aromatic carbocycles. The molecule has 110 valence electrons. The molecule has 3 rings (SSSR count). The van der Waals surface area contributed by atoms with Crippen molar-refractivity contribution in [2.75, 3.05) is 0 Å². The number of fused-ring (bicyclic) bond motifs is 1. The fourth-order valence-corrected chi connectivity index (χ4v) is 2.75. The third-order valence-electron chi connectivity index (χ3n) is 3.90. The predicted octanol–water partition coefficient (Wildman–Crippen LogP) is 2.87. The number of para-hydroxylation sites is 1. The van der Waals surface area contributed by atoms with Crippen molar-refractivity contribution in [3.05, 3.63) is 42.2 Å². The van der Waals surface area contributed by atoms with Crippen LogP contribution < -0.4 is 5.32 Å². The minimum atomic E-state index is -0.428. The van der Waals surface area contributed by atoms with Crippen molar-refractivity contribution in [2.24, 2.45) is 0 Å². The molecule has 0 aliphatic heterocycles. The van der Waals surface area contributed by atoms with E-state index in [1.54, 1.807) is 6.08 Å². The van der Waals surface area contributed by atoms with Gasteiger partial charge in [0.15, 0.2) is 0 Å². The molecule has 1 amide bonds.